The Bertz CT molecular complexity index is 775. The molecule has 0 aromatic heterocycles. The second-order valence-electron chi connectivity index (χ2n) is 9.46. The van der Waals surface area contributed by atoms with E-state index in [1.54, 1.807) is 0 Å². The van der Waals surface area contributed by atoms with Crippen molar-refractivity contribution in [1.82, 2.24) is 0 Å². The van der Waals surface area contributed by atoms with Gasteiger partial charge in [0.15, 0.2) is 0 Å². The topological polar surface area (TPSA) is 0 Å². The van der Waals surface area contributed by atoms with Crippen LogP contribution in [0.4, 0.5) is 0 Å². The van der Waals surface area contributed by atoms with Crippen LogP contribution in [0.2, 0.25) is 0 Å². The van der Waals surface area contributed by atoms with Crippen LogP contribution in [0.5, 0.6) is 0 Å². The van der Waals surface area contributed by atoms with Crippen LogP contribution in [0.25, 0.3) is 0 Å². The Kier molecular flexibility index (Phi) is 36.8. The molecule has 2 rings (SSSR count). The Labute approximate surface area is 241 Å². The minimum absolute atomic E-state index is 1.11. The number of rotatable bonds is 7. The lowest BCUT2D eigenvalue weighted by Crippen LogP contribution is -1.88. The summed E-state index contributed by atoms with van der Waals surface area (Å²) in [4.78, 5) is 0. The molecule has 2 aromatic carbocycles. The molecule has 0 fully saturated rings. The summed E-state index contributed by atoms with van der Waals surface area (Å²) in [6.45, 7) is 34.7. The lowest BCUT2D eigenvalue weighted by molar-refractivity contribution is 0.886. The summed E-state index contributed by atoms with van der Waals surface area (Å²) < 4.78 is 0. The third-order valence-corrected chi connectivity index (χ3v) is 5.28. The molecule has 0 heterocycles. The molecular weight excluding hydrogens is 456 g/mol. The molecule has 218 valence electrons. The molecule has 0 bridgehead atoms. The van der Waals surface area contributed by atoms with Crippen LogP contribution in [-0.4, -0.2) is 0 Å². The van der Waals surface area contributed by atoms with Gasteiger partial charge in [-0.05, 0) is 77.0 Å². The molecule has 0 heteroatoms. The van der Waals surface area contributed by atoms with Gasteiger partial charge < -0.3 is 0 Å². The first-order chi connectivity index (χ1) is 18.1. The van der Waals surface area contributed by atoms with E-state index in [1.807, 2.05) is 33.8 Å². The van der Waals surface area contributed by atoms with Crippen LogP contribution in [-0.2, 0) is 12.8 Å². The summed E-state index contributed by atoms with van der Waals surface area (Å²) in [6.07, 6.45) is 12.7. The Morgan fingerprint density at radius 3 is 1.42 bits per heavy atom. The number of aryl methyl sites for hydroxylation is 5. The van der Waals surface area contributed by atoms with Gasteiger partial charge in [-0.25, -0.2) is 0 Å². The van der Waals surface area contributed by atoms with Crippen molar-refractivity contribution in [3.63, 3.8) is 0 Å². The van der Waals surface area contributed by atoms with Gasteiger partial charge in [-0.3, -0.25) is 0 Å². The van der Waals surface area contributed by atoms with Crippen LogP contribution < -0.4 is 0 Å². The van der Waals surface area contributed by atoms with Crippen LogP contribution in [0.15, 0.2) is 78.9 Å². The summed E-state index contributed by atoms with van der Waals surface area (Å²) in [6, 6.07) is 15.2. The van der Waals surface area contributed by atoms with Crippen molar-refractivity contribution in [1.29, 1.82) is 0 Å². The van der Waals surface area contributed by atoms with Crippen LogP contribution >= 0.6 is 0 Å². The van der Waals surface area contributed by atoms with Crippen LogP contribution in [0, 0.1) is 20.8 Å². The van der Waals surface area contributed by atoms with Crippen molar-refractivity contribution < 1.29 is 0 Å². The second-order valence-corrected chi connectivity index (χ2v) is 9.46. The fraction of sp³-hybridized carbons (Fsp3) is 0.526. The van der Waals surface area contributed by atoms with Gasteiger partial charge in [0, 0.05) is 0 Å². The molecule has 0 atom stereocenters. The normalized spacial score (nSPS) is 9.24. The average molecular weight is 523 g/mol. The molecule has 0 saturated heterocycles. The molecule has 38 heavy (non-hydrogen) atoms. The van der Waals surface area contributed by atoms with Gasteiger partial charge in [0.25, 0.3) is 0 Å². The molecule has 0 saturated carbocycles. The van der Waals surface area contributed by atoms with E-state index in [9.17, 15) is 0 Å². The van der Waals surface area contributed by atoms with E-state index in [0.29, 0.717) is 0 Å². The van der Waals surface area contributed by atoms with Gasteiger partial charge in [0.05, 0.1) is 0 Å². The third kappa shape index (κ3) is 31.7. The second kappa shape index (κ2) is 32.7. The van der Waals surface area contributed by atoms with Crippen LogP contribution in [0.1, 0.15) is 129 Å². The van der Waals surface area contributed by atoms with Crippen molar-refractivity contribution in [3.8, 4) is 0 Å². The number of unbranched alkanes of at least 4 members (excludes halogenated alkanes) is 2. The molecule has 0 unspecified atom stereocenters. The van der Waals surface area contributed by atoms with Gasteiger partial charge in [-0.2, -0.15) is 0 Å². The largest absolute Gasteiger partial charge is 0.100 e. The first-order valence-corrected chi connectivity index (χ1v) is 15.1. The quantitative estimate of drug-likeness (QED) is 0.250. The zero-order valence-corrected chi connectivity index (χ0v) is 28.1. The lowest BCUT2D eigenvalue weighted by atomic mass is 10.0. The third-order valence-electron chi connectivity index (χ3n) is 5.28. The van der Waals surface area contributed by atoms with Crippen molar-refractivity contribution >= 4 is 0 Å². The fourth-order valence-electron chi connectivity index (χ4n) is 2.71. The van der Waals surface area contributed by atoms with Crippen molar-refractivity contribution in [2.24, 2.45) is 0 Å². The predicted octanol–water partition coefficient (Wildman–Crippen LogP) is 13.1. The highest BCUT2D eigenvalue weighted by Gasteiger charge is 1.95. The molecule has 2 aromatic rings. The van der Waals surface area contributed by atoms with Gasteiger partial charge in [0.1, 0.15) is 0 Å². The van der Waals surface area contributed by atoms with E-state index in [0.717, 1.165) is 19.3 Å². The van der Waals surface area contributed by atoms with Gasteiger partial charge in [-0.15, -0.1) is 6.58 Å². The summed E-state index contributed by atoms with van der Waals surface area (Å²) in [5.74, 6) is 0. The van der Waals surface area contributed by atoms with E-state index in [-0.39, 0.29) is 0 Å². The Hall–Kier alpha value is -2.34. The molecule has 0 radical (unpaired) electrons. The molecule has 0 amide bonds. The fourth-order valence-corrected chi connectivity index (χ4v) is 2.71. The standard InChI is InChI=1S/C11H16.C9H16.C8H10.C4H8.C4H10.C2H6/c1-4-10-6-7-11(5-2)9(3)8-10;1-4-7-8-9(5-2)6-3;1-7-3-5-8(2)6-4-7;1-4(2)3;1-3-4-2;1-2/h6-8H,4-5H2,1-3H3;5,8H,2,4,6-7H2,1,3H3;3-6H,1-2H3;1H2,2-3H3;3-4H2,1-2H3;1-2H3/b;9-8+;;;;. The maximum atomic E-state index is 3.72. The van der Waals surface area contributed by atoms with E-state index in [2.05, 4.69) is 124 Å². The maximum absolute atomic E-state index is 3.72. The highest BCUT2D eigenvalue weighted by molar-refractivity contribution is 5.30. The summed E-state index contributed by atoms with van der Waals surface area (Å²) >= 11 is 0. The maximum Gasteiger partial charge on any atom is -0.0305 e. The van der Waals surface area contributed by atoms with E-state index in [1.165, 1.54) is 64.6 Å². The minimum atomic E-state index is 1.11. The molecule has 0 nitrogen and oxygen atoms in total. The van der Waals surface area contributed by atoms with Gasteiger partial charge >= 0.3 is 0 Å². The number of benzene rings is 2. The van der Waals surface area contributed by atoms with E-state index >= 15 is 0 Å². The summed E-state index contributed by atoms with van der Waals surface area (Å²) in [5, 5.41) is 0. The monoisotopic (exact) mass is 523 g/mol. The van der Waals surface area contributed by atoms with Crippen molar-refractivity contribution in [3.05, 3.63) is 107 Å². The highest BCUT2D eigenvalue weighted by atomic mass is 14.0. The zero-order chi connectivity index (χ0) is 30.4. The molecule has 0 aliphatic carbocycles. The van der Waals surface area contributed by atoms with Gasteiger partial charge in [-0.1, -0.05) is 158 Å². The number of allylic oxidation sites excluding steroid dienone is 4. The highest BCUT2D eigenvalue weighted by Crippen LogP contribution is 2.11. The number of hydrogen-bond donors (Lipinski definition) is 0. The van der Waals surface area contributed by atoms with Crippen molar-refractivity contribution in [2.75, 3.05) is 0 Å². The average Bonchev–Trinajstić information content (AvgIpc) is 2.92. The Morgan fingerprint density at radius 2 is 1.16 bits per heavy atom. The molecular formula is C38H66. The minimum Gasteiger partial charge on any atom is -0.100 e. The van der Waals surface area contributed by atoms with E-state index < -0.39 is 0 Å². The first-order valence-electron chi connectivity index (χ1n) is 15.1. The summed E-state index contributed by atoms with van der Waals surface area (Å²) in [5.41, 5.74) is 9.55. The predicted molar refractivity (Wildman–Crippen MR) is 182 cm³/mol. The Morgan fingerprint density at radius 1 is 0.711 bits per heavy atom. The summed E-state index contributed by atoms with van der Waals surface area (Å²) in [7, 11) is 0. The van der Waals surface area contributed by atoms with Crippen LogP contribution in [0.3, 0.4) is 0 Å². The zero-order valence-electron chi connectivity index (χ0n) is 28.1. The van der Waals surface area contributed by atoms with Gasteiger partial charge in [0.2, 0.25) is 0 Å². The first kappa shape index (κ1) is 42.7. The Balaban J connectivity index is -0.000000196. The molecule has 0 aliphatic rings. The van der Waals surface area contributed by atoms with E-state index in [4.69, 9.17) is 0 Å². The molecule has 0 aliphatic heterocycles. The molecule has 0 spiro atoms. The molecule has 0 N–H and O–H groups in total. The van der Waals surface area contributed by atoms with Crippen molar-refractivity contribution in [2.45, 2.75) is 135 Å². The SMILES string of the molecule is C=C(C)C.C=C/C(=C\CCC)CC.CC.CCCC.CCc1ccc(CC)c(C)c1.Cc1ccc(C)cc1. The number of hydrogen-bond acceptors (Lipinski definition) is 0. The smallest absolute Gasteiger partial charge is 0.0305 e. The lowest BCUT2D eigenvalue weighted by Gasteiger charge is -2.04.